The van der Waals surface area contributed by atoms with Crippen LogP contribution in [-0.2, 0) is 0 Å². The van der Waals surface area contributed by atoms with Crippen LogP contribution in [0.3, 0.4) is 0 Å². The van der Waals surface area contributed by atoms with Crippen molar-refractivity contribution in [1.29, 1.82) is 0 Å². The highest BCUT2D eigenvalue weighted by Gasteiger charge is 2.29. The molecule has 2 heterocycles. The van der Waals surface area contributed by atoms with Gasteiger partial charge in [0, 0.05) is 18.6 Å². The van der Waals surface area contributed by atoms with Gasteiger partial charge < -0.3 is 10.2 Å². The number of piperidine rings is 2. The first-order valence-corrected chi connectivity index (χ1v) is 8.99. The van der Waals surface area contributed by atoms with Crippen LogP contribution in [-0.4, -0.2) is 61.0 Å². The van der Waals surface area contributed by atoms with Crippen molar-refractivity contribution in [3.8, 4) is 0 Å². The van der Waals surface area contributed by atoms with Crippen LogP contribution in [0, 0.1) is 0 Å². The number of halogens is 1. The summed E-state index contributed by atoms with van der Waals surface area (Å²) < 4.78 is 0. The van der Waals surface area contributed by atoms with Gasteiger partial charge in [-0.15, -0.1) is 0 Å². The maximum absolute atomic E-state index is 12.4. The van der Waals surface area contributed by atoms with Crippen molar-refractivity contribution in [3.63, 3.8) is 0 Å². The van der Waals surface area contributed by atoms with E-state index in [4.69, 9.17) is 11.6 Å². The van der Waals surface area contributed by atoms with Crippen LogP contribution in [0.2, 0.25) is 5.02 Å². The lowest BCUT2D eigenvalue weighted by atomic mass is 9.98. The molecule has 126 valence electrons. The van der Waals surface area contributed by atoms with E-state index < -0.39 is 0 Å². The van der Waals surface area contributed by atoms with E-state index in [1.807, 2.05) is 12.1 Å². The van der Waals surface area contributed by atoms with Gasteiger partial charge in [-0.05, 0) is 64.5 Å². The third-order valence-electron chi connectivity index (χ3n) is 5.11. The minimum Gasteiger partial charge on any atom is -0.348 e. The molecule has 4 nitrogen and oxygen atoms in total. The molecule has 1 atom stereocenters. The van der Waals surface area contributed by atoms with E-state index in [1.54, 1.807) is 12.1 Å². The second-order valence-electron chi connectivity index (χ2n) is 6.82. The maximum atomic E-state index is 12.4. The SMILES string of the molecule is CN1CCC(N2CCC[C@@H](NC(=O)c3ccccc3Cl)C2)CC1. The summed E-state index contributed by atoms with van der Waals surface area (Å²) in [5, 5.41) is 3.70. The van der Waals surface area contributed by atoms with Crippen molar-refractivity contribution in [2.75, 3.05) is 33.2 Å². The highest BCUT2D eigenvalue weighted by atomic mass is 35.5. The number of carbonyl (C=O) groups is 1. The lowest BCUT2D eigenvalue weighted by Gasteiger charge is -2.41. The van der Waals surface area contributed by atoms with Gasteiger partial charge in [0.1, 0.15) is 0 Å². The molecule has 2 aliphatic rings. The summed E-state index contributed by atoms with van der Waals surface area (Å²) in [5.41, 5.74) is 0.575. The highest BCUT2D eigenvalue weighted by Crippen LogP contribution is 2.21. The number of nitrogens with zero attached hydrogens (tertiary/aromatic N) is 2. The number of carbonyl (C=O) groups excluding carboxylic acids is 1. The second kappa shape index (κ2) is 7.65. The molecule has 3 rings (SSSR count). The number of likely N-dealkylation sites (tertiary alicyclic amines) is 2. The highest BCUT2D eigenvalue weighted by molar-refractivity contribution is 6.33. The fourth-order valence-electron chi connectivity index (χ4n) is 3.72. The molecule has 2 fully saturated rings. The van der Waals surface area contributed by atoms with Crippen LogP contribution in [0.15, 0.2) is 24.3 Å². The van der Waals surface area contributed by atoms with E-state index in [0.717, 1.165) is 25.9 Å². The topological polar surface area (TPSA) is 35.6 Å². The van der Waals surface area contributed by atoms with Crippen LogP contribution >= 0.6 is 11.6 Å². The fraction of sp³-hybridized carbons (Fsp3) is 0.611. The smallest absolute Gasteiger partial charge is 0.253 e. The summed E-state index contributed by atoms with van der Waals surface area (Å²) in [7, 11) is 2.19. The Bertz CT molecular complexity index is 543. The van der Waals surface area contributed by atoms with Gasteiger partial charge in [-0.25, -0.2) is 0 Å². The normalized spacial score (nSPS) is 24.5. The van der Waals surface area contributed by atoms with Crippen LogP contribution in [0.1, 0.15) is 36.0 Å². The molecule has 0 unspecified atom stereocenters. The molecule has 0 aromatic heterocycles. The minimum absolute atomic E-state index is 0.0502. The van der Waals surface area contributed by atoms with Crippen LogP contribution < -0.4 is 5.32 Å². The van der Waals surface area contributed by atoms with Crippen molar-refractivity contribution in [2.24, 2.45) is 0 Å². The summed E-state index contributed by atoms with van der Waals surface area (Å²) in [6, 6.07) is 8.16. The van der Waals surface area contributed by atoms with Gasteiger partial charge in [0.2, 0.25) is 0 Å². The van der Waals surface area contributed by atoms with E-state index >= 15 is 0 Å². The van der Waals surface area contributed by atoms with Gasteiger partial charge in [-0.1, -0.05) is 23.7 Å². The first kappa shape index (κ1) is 16.7. The molecule has 5 heteroatoms. The van der Waals surface area contributed by atoms with Crippen molar-refractivity contribution in [3.05, 3.63) is 34.9 Å². The molecule has 1 aromatic rings. The predicted molar refractivity (Wildman–Crippen MR) is 94.0 cm³/mol. The average Bonchev–Trinajstić information content (AvgIpc) is 2.56. The summed E-state index contributed by atoms with van der Waals surface area (Å²) >= 11 is 6.12. The van der Waals surface area contributed by atoms with Gasteiger partial charge in [0.05, 0.1) is 10.6 Å². The van der Waals surface area contributed by atoms with E-state index in [9.17, 15) is 4.79 Å². The number of nitrogens with one attached hydrogen (secondary N) is 1. The zero-order chi connectivity index (χ0) is 16.2. The fourth-order valence-corrected chi connectivity index (χ4v) is 3.95. The summed E-state index contributed by atoms with van der Waals surface area (Å²) in [6.45, 7) is 4.48. The Morgan fingerprint density at radius 2 is 1.91 bits per heavy atom. The Balaban J connectivity index is 1.56. The number of hydrogen-bond acceptors (Lipinski definition) is 3. The van der Waals surface area contributed by atoms with Gasteiger partial charge in [0.15, 0.2) is 0 Å². The number of rotatable bonds is 3. The monoisotopic (exact) mass is 335 g/mol. The molecule has 1 N–H and O–H groups in total. The van der Waals surface area contributed by atoms with E-state index in [1.165, 1.54) is 25.9 Å². The molecule has 23 heavy (non-hydrogen) atoms. The van der Waals surface area contributed by atoms with Crippen LogP contribution in [0.4, 0.5) is 0 Å². The zero-order valence-electron chi connectivity index (χ0n) is 13.8. The summed E-state index contributed by atoms with van der Waals surface area (Å²) in [6.07, 6.45) is 4.68. The zero-order valence-corrected chi connectivity index (χ0v) is 14.6. The second-order valence-corrected chi connectivity index (χ2v) is 7.23. The molecule has 1 aromatic carbocycles. The number of benzene rings is 1. The molecular weight excluding hydrogens is 310 g/mol. The lowest BCUT2D eigenvalue weighted by molar-refractivity contribution is 0.0766. The molecular formula is C18H26ClN3O. The molecule has 0 aliphatic carbocycles. The lowest BCUT2D eigenvalue weighted by Crippen LogP contribution is -2.53. The molecule has 0 saturated carbocycles. The maximum Gasteiger partial charge on any atom is 0.253 e. The van der Waals surface area contributed by atoms with Crippen molar-refractivity contribution in [1.82, 2.24) is 15.1 Å². The third kappa shape index (κ3) is 4.25. The molecule has 0 spiro atoms. The molecule has 2 aliphatic heterocycles. The Kier molecular flexibility index (Phi) is 5.57. The third-order valence-corrected chi connectivity index (χ3v) is 5.44. The quantitative estimate of drug-likeness (QED) is 0.922. The first-order chi connectivity index (χ1) is 11.1. The Morgan fingerprint density at radius 3 is 2.65 bits per heavy atom. The van der Waals surface area contributed by atoms with Crippen molar-refractivity contribution in [2.45, 2.75) is 37.8 Å². The van der Waals surface area contributed by atoms with E-state index in [2.05, 4.69) is 22.2 Å². The molecule has 2 saturated heterocycles. The van der Waals surface area contributed by atoms with Crippen molar-refractivity contribution < 1.29 is 4.79 Å². The van der Waals surface area contributed by atoms with E-state index in [-0.39, 0.29) is 11.9 Å². The number of amides is 1. The van der Waals surface area contributed by atoms with Crippen LogP contribution in [0.25, 0.3) is 0 Å². The largest absolute Gasteiger partial charge is 0.348 e. The van der Waals surface area contributed by atoms with E-state index in [0.29, 0.717) is 16.6 Å². The Hall–Kier alpha value is -1.10. The summed E-state index contributed by atoms with van der Waals surface area (Å²) in [4.78, 5) is 17.4. The van der Waals surface area contributed by atoms with Gasteiger partial charge in [-0.3, -0.25) is 9.69 Å². The standard InChI is InChI=1S/C18H26ClN3O/c1-21-11-8-15(9-12-21)22-10-4-5-14(13-22)20-18(23)16-6-2-3-7-17(16)19/h2-3,6-7,14-15H,4-5,8-13H2,1H3,(H,20,23)/t14-/m1/s1. The average molecular weight is 336 g/mol. The Labute approximate surface area is 143 Å². The van der Waals surface area contributed by atoms with Gasteiger partial charge in [0.25, 0.3) is 5.91 Å². The molecule has 0 radical (unpaired) electrons. The Morgan fingerprint density at radius 1 is 1.17 bits per heavy atom. The van der Waals surface area contributed by atoms with Gasteiger partial charge >= 0.3 is 0 Å². The first-order valence-electron chi connectivity index (χ1n) is 8.61. The minimum atomic E-state index is -0.0502. The molecule has 0 bridgehead atoms. The van der Waals surface area contributed by atoms with Gasteiger partial charge in [-0.2, -0.15) is 0 Å². The summed E-state index contributed by atoms with van der Waals surface area (Å²) in [5.74, 6) is -0.0502. The van der Waals surface area contributed by atoms with Crippen molar-refractivity contribution >= 4 is 17.5 Å². The van der Waals surface area contributed by atoms with Crippen LogP contribution in [0.5, 0.6) is 0 Å². The molecule has 1 amide bonds. The predicted octanol–water partition coefficient (Wildman–Crippen LogP) is 2.63. The number of hydrogen-bond donors (Lipinski definition) is 1.